The zero-order valence-electron chi connectivity index (χ0n) is 12.1. The summed E-state index contributed by atoms with van der Waals surface area (Å²) in [6, 6.07) is 0. The largest absolute Gasteiger partial charge is 0.454 e. The lowest BCUT2D eigenvalue weighted by atomic mass is 9.52. The summed E-state index contributed by atoms with van der Waals surface area (Å²) in [4.78, 5) is 25.3. The minimum absolute atomic E-state index is 0.00206. The van der Waals surface area contributed by atoms with Crippen molar-refractivity contribution in [2.45, 2.75) is 56.7 Å². The first kappa shape index (κ1) is 13.4. The molecular formula is C15H18O6. The lowest BCUT2D eigenvalue weighted by molar-refractivity contribution is -0.196. The SMILES string of the molecule is CC1=C[C@@H]2OC(=O)[C@@]3(C(=O)C[C@@H]4[C@@H](O)[C@]13OC4(C)C)[C@@H]2O. The zero-order chi connectivity index (χ0) is 15.4. The van der Waals surface area contributed by atoms with Crippen molar-refractivity contribution in [3.63, 3.8) is 0 Å². The lowest BCUT2D eigenvalue weighted by Gasteiger charge is -2.50. The predicted molar refractivity (Wildman–Crippen MR) is 69.1 cm³/mol. The maximum atomic E-state index is 12.8. The molecule has 3 fully saturated rings. The van der Waals surface area contributed by atoms with E-state index >= 15 is 0 Å². The third-order valence-electron chi connectivity index (χ3n) is 5.87. The van der Waals surface area contributed by atoms with Gasteiger partial charge in [0, 0.05) is 12.3 Å². The van der Waals surface area contributed by atoms with Crippen molar-refractivity contribution in [2.24, 2.45) is 11.3 Å². The number of rotatable bonds is 0. The van der Waals surface area contributed by atoms with Gasteiger partial charge in [-0.05, 0) is 32.4 Å². The number of Topliss-reactive ketones (excluding diaryl/α,β-unsaturated/α-hetero) is 1. The highest BCUT2D eigenvalue weighted by molar-refractivity contribution is 6.10. The van der Waals surface area contributed by atoms with Crippen LogP contribution in [0.25, 0.3) is 0 Å². The first-order valence-corrected chi connectivity index (χ1v) is 7.19. The minimum atomic E-state index is -1.83. The topological polar surface area (TPSA) is 93.1 Å². The van der Waals surface area contributed by atoms with Crippen LogP contribution >= 0.6 is 0 Å². The van der Waals surface area contributed by atoms with Crippen LogP contribution in [-0.4, -0.2) is 51.5 Å². The Morgan fingerprint density at radius 3 is 2.57 bits per heavy atom. The average Bonchev–Trinajstić information content (AvgIpc) is 2.64. The number of fused-ring (bicyclic) bond motifs is 2. The maximum Gasteiger partial charge on any atom is 0.326 e. The van der Waals surface area contributed by atoms with Gasteiger partial charge in [0.05, 0.1) is 11.7 Å². The van der Waals surface area contributed by atoms with E-state index in [-0.39, 0.29) is 6.42 Å². The normalized spacial score (nSPS) is 53.3. The Bertz CT molecular complexity index is 607. The molecule has 2 spiro atoms. The smallest absolute Gasteiger partial charge is 0.326 e. The first-order valence-electron chi connectivity index (χ1n) is 7.19. The molecule has 1 saturated carbocycles. The van der Waals surface area contributed by atoms with Gasteiger partial charge in [-0.2, -0.15) is 0 Å². The van der Waals surface area contributed by atoms with Gasteiger partial charge in [0.25, 0.3) is 0 Å². The number of hydrogen-bond acceptors (Lipinski definition) is 6. The van der Waals surface area contributed by atoms with E-state index in [0.29, 0.717) is 5.57 Å². The van der Waals surface area contributed by atoms with Crippen LogP contribution in [0.5, 0.6) is 0 Å². The van der Waals surface area contributed by atoms with Gasteiger partial charge in [0.15, 0.2) is 11.2 Å². The second-order valence-electron chi connectivity index (χ2n) is 7.09. The Labute approximate surface area is 121 Å². The molecule has 0 aromatic carbocycles. The summed E-state index contributed by atoms with van der Waals surface area (Å²) in [5.41, 5.74) is -3.52. The molecule has 0 aromatic heterocycles. The molecule has 0 radical (unpaired) electrons. The van der Waals surface area contributed by atoms with Crippen molar-refractivity contribution in [2.75, 3.05) is 0 Å². The molecule has 114 valence electrons. The number of aliphatic hydroxyl groups is 2. The van der Waals surface area contributed by atoms with Gasteiger partial charge in [0.2, 0.25) is 0 Å². The van der Waals surface area contributed by atoms with E-state index in [1.54, 1.807) is 26.8 Å². The van der Waals surface area contributed by atoms with Gasteiger partial charge in [-0.3, -0.25) is 9.59 Å². The summed E-state index contributed by atoms with van der Waals surface area (Å²) in [6.45, 7) is 5.32. The summed E-state index contributed by atoms with van der Waals surface area (Å²) in [5, 5.41) is 21.4. The summed E-state index contributed by atoms with van der Waals surface area (Å²) >= 11 is 0. The molecule has 2 aliphatic heterocycles. The molecule has 4 aliphatic rings. The van der Waals surface area contributed by atoms with Crippen LogP contribution in [0.2, 0.25) is 0 Å². The molecular weight excluding hydrogens is 276 g/mol. The molecule has 21 heavy (non-hydrogen) atoms. The van der Waals surface area contributed by atoms with Crippen LogP contribution < -0.4 is 0 Å². The van der Waals surface area contributed by atoms with Gasteiger partial charge >= 0.3 is 5.97 Å². The third kappa shape index (κ3) is 1.08. The van der Waals surface area contributed by atoms with E-state index in [0.717, 1.165) is 0 Å². The van der Waals surface area contributed by atoms with E-state index in [1.807, 2.05) is 0 Å². The van der Waals surface area contributed by atoms with E-state index in [9.17, 15) is 19.8 Å². The van der Waals surface area contributed by atoms with Gasteiger partial charge in [-0.25, -0.2) is 0 Å². The molecule has 2 saturated heterocycles. The fraction of sp³-hybridized carbons (Fsp3) is 0.733. The highest BCUT2D eigenvalue weighted by Crippen LogP contribution is 2.65. The van der Waals surface area contributed by atoms with E-state index in [1.165, 1.54) is 0 Å². The van der Waals surface area contributed by atoms with E-state index in [4.69, 9.17) is 9.47 Å². The molecule has 2 heterocycles. The quantitative estimate of drug-likeness (QED) is 0.362. The van der Waals surface area contributed by atoms with Crippen molar-refractivity contribution in [3.8, 4) is 0 Å². The van der Waals surface area contributed by atoms with E-state index < -0.39 is 52.6 Å². The maximum absolute atomic E-state index is 12.8. The van der Waals surface area contributed by atoms with Crippen LogP contribution in [0.15, 0.2) is 11.6 Å². The number of ether oxygens (including phenoxy) is 2. The number of aliphatic hydroxyl groups excluding tert-OH is 2. The molecule has 6 heteroatoms. The number of ketones is 1. The number of esters is 1. The number of hydrogen-bond donors (Lipinski definition) is 2. The summed E-state index contributed by atoms with van der Waals surface area (Å²) in [7, 11) is 0. The first-order chi connectivity index (χ1) is 9.69. The van der Waals surface area contributed by atoms with Crippen molar-refractivity contribution in [3.05, 3.63) is 11.6 Å². The minimum Gasteiger partial charge on any atom is -0.454 e. The fourth-order valence-electron chi connectivity index (χ4n) is 4.87. The van der Waals surface area contributed by atoms with E-state index in [2.05, 4.69) is 0 Å². The Balaban J connectivity index is 2.07. The molecule has 2 N–H and O–H groups in total. The third-order valence-corrected chi connectivity index (χ3v) is 5.87. The molecule has 4 rings (SSSR count). The second-order valence-corrected chi connectivity index (χ2v) is 7.09. The van der Waals surface area contributed by atoms with Crippen molar-refractivity contribution >= 4 is 11.8 Å². The zero-order valence-corrected chi connectivity index (χ0v) is 12.1. The Morgan fingerprint density at radius 2 is 1.90 bits per heavy atom. The van der Waals surface area contributed by atoms with Crippen molar-refractivity contribution in [1.29, 1.82) is 0 Å². The van der Waals surface area contributed by atoms with Crippen molar-refractivity contribution in [1.82, 2.24) is 0 Å². The number of carbonyl (C=O) groups is 2. The molecule has 4 bridgehead atoms. The van der Waals surface area contributed by atoms with Crippen LogP contribution in [0, 0.1) is 11.3 Å². The average molecular weight is 294 g/mol. The standard InChI is InChI=1S/C15H18O6/c1-6-4-8-11(18)14(12(19)20-8)9(16)5-7-10(17)15(6,14)21-13(7,2)3/h4,7-8,10-11,17-18H,5H2,1-3H3/t7-,8+,10-,11-,14-,15-/m1/s1. The molecule has 2 aliphatic carbocycles. The Morgan fingerprint density at radius 1 is 1.24 bits per heavy atom. The van der Waals surface area contributed by atoms with Gasteiger partial charge < -0.3 is 19.7 Å². The van der Waals surface area contributed by atoms with Crippen molar-refractivity contribution < 1.29 is 29.3 Å². The lowest BCUT2D eigenvalue weighted by Crippen LogP contribution is -2.70. The molecule has 6 atom stereocenters. The van der Waals surface area contributed by atoms with Crippen LogP contribution in [0.3, 0.4) is 0 Å². The van der Waals surface area contributed by atoms with Crippen LogP contribution in [0.4, 0.5) is 0 Å². The van der Waals surface area contributed by atoms with Gasteiger partial charge in [0.1, 0.15) is 17.8 Å². The highest BCUT2D eigenvalue weighted by atomic mass is 16.6. The van der Waals surface area contributed by atoms with Crippen LogP contribution in [-0.2, 0) is 19.1 Å². The van der Waals surface area contributed by atoms with Crippen LogP contribution in [0.1, 0.15) is 27.2 Å². The second kappa shape index (κ2) is 3.39. The molecule has 0 amide bonds. The Kier molecular flexibility index (Phi) is 2.17. The van der Waals surface area contributed by atoms with Gasteiger partial charge in [-0.15, -0.1) is 0 Å². The summed E-state index contributed by atoms with van der Waals surface area (Å²) < 4.78 is 11.3. The predicted octanol–water partition coefficient (Wildman–Crippen LogP) is -0.284. The Hall–Kier alpha value is -1.24. The number of carbonyl (C=O) groups excluding carboxylic acids is 2. The summed E-state index contributed by atoms with van der Waals surface area (Å²) in [6.07, 6.45) is -1.59. The molecule has 6 nitrogen and oxygen atoms in total. The fourth-order valence-corrected chi connectivity index (χ4v) is 4.87. The monoisotopic (exact) mass is 294 g/mol. The summed E-state index contributed by atoms with van der Waals surface area (Å²) in [5.74, 6) is -1.58. The van der Waals surface area contributed by atoms with Gasteiger partial charge in [-0.1, -0.05) is 0 Å². The molecule has 0 unspecified atom stereocenters. The highest BCUT2D eigenvalue weighted by Gasteiger charge is 2.83. The molecule has 0 aromatic rings.